The van der Waals surface area contributed by atoms with Crippen molar-refractivity contribution in [1.82, 2.24) is 0 Å². The number of hydrogen-bond acceptors (Lipinski definition) is 2. The largest absolute Gasteiger partial charge is 0.416 e. The third kappa shape index (κ3) is 3.90. The Balaban J connectivity index is 2.29. The van der Waals surface area contributed by atoms with Gasteiger partial charge in [-0.05, 0) is 54.8 Å². The molecule has 0 fully saturated rings. The zero-order valence-electron chi connectivity index (χ0n) is 12.7. The fourth-order valence-electron chi connectivity index (χ4n) is 2.14. The normalized spacial score (nSPS) is 11.4. The number of aryl methyl sites for hydroxylation is 2. The molecule has 0 radical (unpaired) electrons. The van der Waals surface area contributed by atoms with Crippen LogP contribution in [0.3, 0.4) is 0 Å². The summed E-state index contributed by atoms with van der Waals surface area (Å²) in [5.74, 6) is -0.488. The molecule has 3 nitrogen and oxygen atoms in total. The summed E-state index contributed by atoms with van der Waals surface area (Å²) >= 11 is 0. The number of carbonyl (C=O) groups is 1. The average Bonchev–Trinajstić information content (AvgIpc) is 2.49. The first-order valence-corrected chi connectivity index (χ1v) is 6.92. The maximum Gasteiger partial charge on any atom is 0.416 e. The van der Waals surface area contributed by atoms with Gasteiger partial charge in [0.05, 0.1) is 12.2 Å². The Morgan fingerprint density at radius 1 is 1.09 bits per heavy atom. The van der Waals surface area contributed by atoms with Gasteiger partial charge in [0.25, 0.3) is 5.91 Å². The van der Waals surface area contributed by atoms with Crippen LogP contribution in [0.4, 0.5) is 18.9 Å². The van der Waals surface area contributed by atoms with Crippen LogP contribution in [-0.2, 0) is 12.8 Å². The summed E-state index contributed by atoms with van der Waals surface area (Å²) in [5, 5.41) is 11.4. The molecule has 0 spiro atoms. The lowest BCUT2D eigenvalue weighted by Crippen LogP contribution is -2.15. The number of aliphatic hydroxyl groups is 1. The van der Waals surface area contributed by atoms with Crippen molar-refractivity contribution in [3.63, 3.8) is 0 Å². The van der Waals surface area contributed by atoms with E-state index in [0.29, 0.717) is 5.56 Å². The van der Waals surface area contributed by atoms with Gasteiger partial charge in [-0.3, -0.25) is 4.79 Å². The number of carbonyl (C=O) groups excluding carboxylic acids is 1. The summed E-state index contributed by atoms with van der Waals surface area (Å²) in [6, 6.07) is 8.38. The lowest BCUT2D eigenvalue weighted by atomic mass is 10.0. The first-order valence-electron chi connectivity index (χ1n) is 6.92. The van der Waals surface area contributed by atoms with Gasteiger partial charge in [0, 0.05) is 11.3 Å². The van der Waals surface area contributed by atoms with E-state index in [2.05, 4.69) is 5.32 Å². The average molecular weight is 323 g/mol. The molecule has 2 aromatic rings. The van der Waals surface area contributed by atoms with Crippen LogP contribution in [-0.4, -0.2) is 11.0 Å². The molecule has 6 heteroatoms. The van der Waals surface area contributed by atoms with Crippen molar-refractivity contribution < 1.29 is 23.1 Å². The van der Waals surface area contributed by atoms with Crippen LogP contribution in [0.5, 0.6) is 0 Å². The number of alkyl halides is 3. The summed E-state index contributed by atoms with van der Waals surface area (Å²) in [4.78, 5) is 12.2. The molecule has 0 bridgehead atoms. The Hall–Kier alpha value is -2.34. The fraction of sp³-hybridized carbons (Fsp3) is 0.235. The highest BCUT2D eigenvalue weighted by Gasteiger charge is 2.33. The molecule has 23 heavy (non-hydrogen) atoms. The van der Waals surface area contributed by atoms with E-state index in [1.807, 2.05) is 13.8 Å². The molecule has 122 valence electrons. The molecule has 1 amide bonds. The molecule has 0 aromatic heterocycles. The van der Waals surface area contributed by atoms with Gasteiger partial charge < -0.3 is 10.4 Å². The molecule has 2 aromatic carbocycles. The van der Waals surface area contributed by atoms with Gasteiger partial charge >= 0.3 is 6.18 Å². The second-order valence-electron chi connectivity index (χ2n) is 5.28. The number of halogens is 3. The molecule has 0 aliphatic heterocycles. The third-order valence-electron chi connectivity index (χ3n) is 3.61. The van der Waals surface area contributed by atoms with Gasteiger partial charge in [-0.1, -0.05) is 12.1 Å². The lowest BCUT2D eigenvalue weighted by molar-refractivity contribution is -0.138. The maximum absolute atomic E-state index is 12.9. The smallest absolute Gasteiger partial charge is 0.392 e. The fourth-order valence-corrected chi connectivity index (χ4v) is 2.14. The number of benzene rings is 2. The lowest BCUT2D eigenvalue weighted by Gasteiger charge is -2.14. The van der Waals surface area contributed by atoms with Crippen molar-refractivity contribution in [3.05, 3.63) is 64.2 Å². The topological polar surface area (TPSA) is 49.3 Å². The molecule has 0 atom stereocenters. The van der Waals surface area contributed by atoms with Crippen LogP contribution < -0.4 is 5.32 Å². The predicted molar refractivity (Wildman–Crippen MR) is 81.2 cm³/mol. The number of anilines is 1. The first-order chi connectivity index (χ1) is 10.7. The van der Waals surface area contributed by atoms with Crippen molar-refractivity contribution in [1.29, 1.82) is 0 Å². The molecule has 0 saturated carbocycles. The van der Waals surface area contributed by atoms with Gasteiger partial charge in [0.2, 0.25) is 0 Å². The van der Waals surface area contributed by atoms with E-state index in [1.54, 1.807) is 18.2 Å². The van der Waals surface area contributed by atoms with Gasteiger partial charge in [-0.2, -0.15) is 13.2 Å². The first kappa shape index (κ1) is 17.0. The Morgan fingerprint density at radius 2 is 1.78 bits per heavy atom. The Labute approximate surface area is 131 Å². The van der Waals surface area contributed by atoms with E-state index in [1.165, 1.54) is 6.07 Å². The van der Waals surface area contributed by atoms with Crippen molar-refractivity contribution >= 4 is 11.6 Å². The summed E-state index contributed by atoms with van der Waals surface area (Å²) in [6.07, 6.45) is -4.60. The van der Waals surface area contributed by atoms with Gasteiger partial charge in [-0.25, -0.2) is 0 Å². The number of nitrogens with one attached hydrogen (secondary N) is 1. The minimum atomic E-state index is -4.60. The Bertz CT molecular complexity index is 739. The van der Waals surface area contributed by atoms with E-state index in [0.717, 1.165) is 23.3 Å². The second kappa shape index (κ2) is 6.42. The highest BCUT2D eigenvalue weighted by Crippen LogP contribution is 2.34. The molecular formula is C17H16F3NO2. The summed E-state index contributed by atoms with van der Waals surface area (Å²) in [5.41, 5.74) is 1.14. The molecule has 0 heterocycles. The highest BCUT2D eigenvalue weighted by atomic mass is 19.4. The predicted octanol–water partition coefficient (Wildman–Crippen LogP) is 4.07. The summed E-state index contributed by atoms with van der Waals surface area (Å²) in [7, 11) is 0. The van der Waals surface area contributed by atoms with Crippen LogP contribution in [0.2, 0.25) is 0 Å². The van der Waals surface area contributed by atoms with Gasteiger partial charge in [0.1, 0.15) is 0 Å². The van der Waals surface area contributed by atoms with E-state index in [-0.39, 0.29) is 11.3 Å². The molecule has 0 aliphatic carbocycles. The third-order valence-corrected chi connectivity index (χ3v) is 3.61. The van der Waals surface area contributed by atoms with E-state index in [9.17, 15) is 18.0 Å². The van der Waals surface area contributed by atoms with Crippen molar-refractivity contribution in [2.24, 2.45) is 0 Å². The number of rotatable bonds is 3. The number of aliphatic hydroxyl groups excluding tert-OH is 1. The summed E-state index contributed by atoms with van der Waals surface area (Å²) in [6.45, 7) is 3.03. The molecular weight excluding hydrogens is 307 g/mol. The minimum absolute atomic E-state index is 0.0257. The van der Waals surface area contributed by atoms with E-state index < -0.39 is 24.3 Å². The van der Waals surface area contributed by atoms with Crippen molar-refractivity contribution in [3.8, 4) is 0 Å². The van der Waals surface area contributed by atoms with Crippen LogP contribution in [0.1, 0.15) is 32.6 Å². The second-order valence-corrected chi connectivity index (χ2v) is 5.28. The van der Waals surface area contributed by atoms with E-state index in [4.69, 9.17) is 5.11 Å². The van der Waals surface area contributed by atoms with E-state index >= 15 is 0 Å². The van der Waals surface area contributed by atoms with Gasteiger partial charge in [0.15, 0.2) is 0 Å². The molecule has 0 saturated heterocycles. The maximum atomic E-state index is 12.9. The monoisotopic (exact) mass is 323 g/mol. The quantitative estimate of drug-likeness (QED) is 0.894. The molecule has 2 N–H and O–H groups in total. The Kier molecular flexibility index (Phi) is 4.75. The van der Waals surface area contributed by atoms with Crippen LogP contribution in [0, 0.1) is 13.8 Å². The minimum Gasteiger partial charge on any atom is -0.392 e. The van der Waals surface area contributed by atoms with Crippen LogP contribution in [0.25, 0.3) is 0 Å². The van der Waals surface area contributed by atoms with Crippen molar-refractivity contribution in [2.75, 3.05) is 5.32 Å². The molecule has 0 unspecified atom stereocenters. The summed E-state index contributed by atoms with van der Waals surface area (Å²) < 4.78 is 38.8. The zero-order valence-corrected chi connectivity index (χ0v) is 12.7. The zero-order chi connectivity index (χ0) is 17.2. The Morgan fingerprint density at radius 3 is 2.35 bits per heavy atom. The van der Waals surface area contributed by atoms with Crippen LogP contribution in [0.15, 0.2) is 36.4 Å². The standard InChI is InChI=1S/C17H16F3NO2/c1-10-3-4-12(7-11(10)2)16(23)21-14-6-5-13(9-22)15(8-14)17(18,19)20/h3-8,22H,9H2,1-2H3,(H,21,23). The van der Waals surface area contributed by atoms with Gasteiger partial charge in [-0.15, -0.1) is 0 Å². The molecule has 2 rings (SSSR count). The molecule has 0 aliphatic rings. The van der Waals surface area contributed by atoms with Crippen molar-refractivity contribution in [2.45, 2.75) is 26.6 Å². The highest BCUT2D eigenvalue weighted by molar-refractivity contribution is 6.04. The number of amides is 1. The SMILES string of the molecule is Cc1ccc(C(=O)Nc2ccc(CO)c(C(F)(F)F)c2)cc1C. The van der Waals surface area contributed by atoms with Crippen LogP contribution >= 0.6 is 0 Å². The number of hydrogen-bond donors (Lipinski definition) is 2.